The molecule has 0 aromatic heterocycles. The highest BCUT2D eigenvalue weighted by atomic mass is 16.5. The van der Waals surface area contributed by atoms with E-state index in [4.69, 9.17) is 10.6 Å². The van der Waals surface area contributed by atoms with E-state index in [1.54, 1.807) is 0 Å². The lowest BCUT2D eigenvalue weighted by atomic mass is 10.2. The molecule has 0 atom stereocenters. The number of para-hydroxylation sites is 1. The fourth-order valence-corrected chi connectivity index (χ4v) is 1.66. The Morgan fingerprint density at radius 3 is 2.30 bits per heavy atom. The van der Waals surface area contributed by atoms with Crippen LogP contribution in [-0.4, -0.2) is 12.5 Å². The fourth-order valence-electron chi connectivity index (χ4n) is 1.66. The van der Waals surface area contributed by atoms with Gasteiger partial charge in [0.25, 0.3) is 0 Å². The van der Waals surface area contributed by atoms with Gasteiger partial charge in [-0.2, -0.15) is 0 Å². The van der Waals surface area contributed by atoms with E-state index in [0.717, 1.165) is 11.4 Å². The summed E-state index contributed by atoms with van der Waals surface area (Å²) in [5, 5.41) is 3.28. The number of ether oxygens (including phenoxy) is 1. The summed E-state index contributed by atoms with van der Waals surface area (Å²) in [7, 11) is 0. The van der Waals surface area contributed by atoms with Crippen molar-refractivity contribution in [3.05, 3.63) is 54.6 Å². The van der Waals surface area contributed by atoms with Crippen molar-refractivity contribution >= 4 is 17.3 Å². The number of amides is 1. The summed E-state index contributed by atoms with van der Waals surface area (Å²) in [6.45, 7) is 0.300. The summed E-state index contributed by atoms with van der Waals surface area (Å²) >= 11 is 0. The molecule has 104 valence electrons. The van der Waals surface area contributed by atoms with Crippen molar-refractivity contribution in [3.8, 4) is 5.75 Å². The topological polar surface area (TPSA) is 76.4 Å². The molecule has 2 aromatic rings. The number of nitrogens with two attached hydrogens (primary N) is 1. The highest BCUT2D eigenvalue weighted by molar-refractivity contribution is 5.75. The van der Waals surface area contributed by atoms with Crippen LogP contribution < -0.4 is 21.3 Å². The van der Waals surface area contributed by atoms with Crippen LogP contribution in [0.25, 0.3) is 0 Å². The molecule has 0 heterocycles. The van der Waals surface area contributed by atoms with E-state index in [-0.39, 0.29) is 12.3 Å². The van der Waals surface area contributed by atoms with Gasteiger partial charge >= 0.3 is 0 Å². The minimum absolute atomic E-state index is 0.237. The molecule has 5 nitrogen and oxygen atoms in total. The van der Waals surface area contributed by atoms with Crippen molar-refractivity contribution in [2.24, 2.45) is 5.84 Å². The van der Waals surface area contributed by atoms with Gasteiger partial charge in [-0.15, -0.1) is 0 Å². The molecular formula is C15H17N3O2. The molecule has 0 aliphatic heterocycles. The first-order chi connectivity index (χ1) is 9.78. The normalized spacial score (nSPS) is 9.85. The summed E-state index contributed by atoms with van der Waals surface area (Å²) in [4.78, 5) is 10.9. The standard InChI is InChI=1S/C15H17N3O2/c16-18-15(19)10-11-20-14-8-6-13(7-9-14)17-12-4-2-1-3-5-12/h1-9,17H,10-11,16H2,(H,18,19). The number of rotatable bonds is 6. The zero-order valence-corrected chi connectivity index (χ0v) is 11.0. The molecule has 0 aliphatic rings. The van der Waals surface area contributed by atoms with Gasteiger partial charge in [0.15, 0.2) is 0 Å². The molecule has 0 radical (unpaired) electrons. The molecule has 0 aliphatic carbocycles. The average molecular weight is 271 g/mol. The maximum absolute atomic E-state index is 10.9. The Hall–Kier alpha value is -2.53. The minimum Gasteiger partial charge on any atom is -0.493 e. The van der Waals surface area contributed by atoms with Crippen LogP contribution in [0.1, 0.15) is 6.42 Å². The van der Waals surface area contributed by atoms with E-state index in [2.05, 4.69) is 10.7 Å². The van der Waals surface area contributed by atoms with Gasteiger partial charge in [0.05, 0.1) is 13.0 Å². The van der Waals surface area contributed by atoms with Crippen molar-refractivity contribution < 1.29 is 9.53 Å². The number of benzene rings is 2. The van der Waals surface area contributed by atoms with E-state index in [1.807, 2.05) is 54.6 Å². The van der Waals surface area contributed by atoms with Crippen molar-refractivity contribution in [1.29, 1.82) is 0 Å². The SMILES string of the molecule is NNC(=O)CCOc1ccc(Nc2ccccc2)cc1. The largest absolute Gasteiger partial charge is 0.493 e. The zero-order valence-electron chi connectivity index (χ0n) is 11.0. The summed E-state index contributed by atoms with van der Waals surface area (Å²) in [5.41, 5.74) is 4.06. The van der Waals surface area contributed by atoms with Crippen LogP contribution in [0.4, 0.5) is 11.4 Å². The summed E-state index contributed by atoms with van der Waals surface area (Å²) in [6.07, 6.45) is 0.237. The predicted octanol–water partition coefficient (Wildman–Crippen LogP) is 2.19. The van der Waals surface area contributed by atoms with Crippen molar-refractivity contribution in [2.45, 2.75) is 6.42 Å². The van der Waals surface area contributed by atoms with E-state index >= 15 is 0 Å². The number of carbonyl (C=O) groups excluding carboxylic acids is 1. The van der Waals surface area contributed by atoms with Gasteiger partial charge in [0, 0.05) is 11.4 Å². The molecule has 0 bridgehead atoms. The maximum Gasteiger partial charge on any atom is 0.237 e. The second-order valence-electron chi connectivity index (χ2n) is 4.18. The first-order valence-electron chi connectivity index (χ1n) is 6.32. The van der Waals surface area contributed by atoms with Crippen LogP contribution in [0.15, 0.2) is 54.6 Å². The molecule has 2 aromatic carbocycles. The van der Waals surface area contributed by atoms with E-state index in [0.29, 0.717) is 12.4 Å². The smallest absolute Gasteiger partial charge is 0.237 e. The van der Waals surface area contributed by atoms with Crippen LogP contribution in [0.5, 0.6) is 5.75 Å². The lowest BCUT2D eigenvalue weighted by Crippen LogP contribution is -2.31. The molecule has 0 unspecified atom stereocenters. The Labute approximate surface area is 117 Å². The van der Waals surface area contributed by atoms with Crippen molar-refractivity contribution in [1.82, 2.24) is 5.43 Å². The number of nitrogens with one attached hydrogen (secondary N) is 2. The van der Waals surface area contributed by atoms with Crippen LogP contribution in [0.2, 0.25) is 0 Å². The third-order valence-electron chi connectivity index (χ3n) is 2.68. The molecule has 2 rings (SSSR count). The van der Waals surface area contributed by atoms with E-state index in [9.17, 15) is 4.79 Å². The molecule has 20 heavy (non-hydrogen) atoms. The lowest BCUT2D eigenvalue weighted by Gasteiger charge is -2.08. The second-order valence-corrected chi connectivity index (χ2v) is 4.18. The third-order valence-corrected chi connectivity index (χ3v) is 2.68. The first-order valence-corrected chi connectivity index (χ1v) is 6.32. The number of hydrogen-bond acceptors (Lipinski definition) is 4. The molecule has 5 heteroatoms. The Kier molecular flexibility index (Phi) is 4.97. The summed E-state index contributed by atoms with van der Waals surface area (Å²) in [6, 6.07) is 17.5. The van der Waals surface area contributed by atoms with Crippen LogP contribution in [0.3, 0.4) is 0 Å². The second kappa shape index (κ2) is 7.16. The summed E-state index contributed by atoms with van der Waals surface area (Å²) < 4.78 is 5.44. The quantitative estimate of drug-likeness (QED) is 0.427. The van der Waals surface area contributed by atoms with Gasteiger partial charge in [-0.05, 0) is 36.4 Å². The number of hydrazine groups is 1. The van der Waals surface area contributed by atoms with Crippen LogP contribution >= 0.6 is 0 Å². The lowest BCUT2D eigenvalue weighted by molar-refractivity contribution is -0.121. The van der Waals surface area contributed by atoms with Gasteiger partial charge in [-0.25, -0.2) is 5.84 Å². The first kappa shape index (κ1) is 13.9. The van der Waals surface area contributed by atoms with E-state index < -0.39 is 0 Å². The average Bonchev–Trinajstić information content (AvgIpc) is 2.50. The predicted molar refractivity (Wildman–Crippen MR) is 78.6 cm³/mol. The summed E-state index contributed by atoms with van der Waals surface area (Å²) in [5.74, 6) is 5.45. The molecule has 0 saturated carbocycles. The zero-order chi connectivity index (χ0) is 14.2. The van der Waals surface area contributed by atoms with Crippen molar-refractivity contribution in [2.75, 3.05) is 11.9 Å². The molecular weight excluding hydrogens is 254 g/mol. The van der Waals surface area contributed by atoms with Gasteiger partial charge in [-0.1, -0.05) is 18.2 Å². The van der Waals surface area contributed by atoms with Gasteiger partial charge in [0.1, 0.15) is 5.75 Å². The highest BCUT2D eigenvalue weighted by Crippen LogP contribution is 2.19. The Balaban J connectivity index is 1.85. The Bertz CT molecular complexity index is 541. The fraction of sp³-hybridized carbons (Fsp3) is 0.133. The number of carbonyl (C=O) groups is 1. The van der Waals surface area contributed by atoms with E-state index in [1.165, 1.54) is 0 Å². The molecule has 0 spiro atoms. The molecule has 1 amide bonds. The monoisotopic (exact) mass is 271 g/mol. The Morgan fingerprint density at radius 2 is 1.65 bits per heavy atom. The van der Waals surface area contributed by atoms with Crippen LogP contribution in [-0.2, 0) is 4.79 Å². The van der Waals surface area contributed by atoms with Gasteiger partial charge in [0.2, 0.25) is 5.91 Å². The Morgan fingerprint density at radius 1 is 1.00 bits per heavy atom. The molecule has 0 saturated heterocycles. The van der Waals surface area contributed by atoms with Gasteiger partial charge in [-0.3, -0.25) is 10.2 Å². The number of hydrogen-bond donors (Lipinski definition) is 3. The van der Waals surface area contributed by atoms with Crippen molar-refractivity contribution in [3.63, 3.8) is 0 Å². The van der Waals surface area contributed by atoms with Crippen LogP contribution in [0, 0.1) is 0 Å². The molecule has 4 N–H and O–H groups in total. The minimum atomic E-state index is -0.243. The highest BCUT2D eigenvalue weighted by Gasteiger charge is 2.00. The third kappa shape index (κ3) is 4.29. The van der Waals surface area contributed by atoms with Gasteiger partial charge < -0.3 is 10.1 Å². The molecule has 0 fully saturated rings. The number of anilines is 2. The maximum atomic E-state index is 10.9.